The van der Waals surface area contributed by atoms with Gasteiger partial charge in [0, 0.05) is 11.9 Å². The second kappa shape index (κ2) is 42.1. The number of unbranched alkanes of at least 4 members (excludes halogenated alkanes) is 14. The zero-order valence-electron chi connectivity index (χ0n) is 37.3. The van der Waals surface area contributed by atoms with E-state index in [-0.39, 0.29) is 61.7 Å². The van der Waals surface area contributed by atoms with E-state index in [1.54, 1.807) is 0 Å². The van der Waals surface area contributed by atoms with Crippen molar-refractivity contribution in [3.63, 3.8) is 0 Å². The monoisotopic (exact) mass is 949 g/mol. The molecule has 4 unspecified atom stereocenters. The van der Waals surface area contributed by atoms with Crippen LogP contribution in [0.4, 0.5) is 0 Å². The van der Waals surface area contributed by atoms with Gasteiger partial charge in [-0.3, -0.25) is 0 Å². The van der Waals surface area contributed by atoms with Gasteiger partial charge in [0.15, 0.2) is 0 Å². The zero-order valence-corrected chi connectivity index (χ0v) is 41.8. The third kappa shape index (κ3) is 38.2. The van der Waals surface area contributed by atoms with Gasteiger partial charge < -0.3 is 39.5 Å². The van der Waals surface area contributed by atoms with Gasteiger partial charge in [-0.1, -0.05) is 190 Å². The number of aliphatic carboxylic acids is 2. The molecule has 0 aromatic heterocycles. The van der Waals surface area contributed by atoms with Crippen LogP contribution in [0.5, 0.6) is 0 Å². The van der Waals surface area contributed by atoms with Crippen LogP contribution in [0.25, 0.3) is 0 Å². The van der Waals surface area contributed by atoms with Crippen molar-refractivity contribution < 1.29 is 39.5 Å². The molecule has 0 fully saturated rings. The SMILES string of the molecule is CCCCCCC(CCCCCCCC(O)CCC(=O)[O-])OCc1ccccc1.CCCCCCC(CCCCCCCC(O)CCC(=O)[O-])OCc1ccccc1.[Ba+2]. The van der Waals surface area contributed by atoms with Gasteiger partial charge in [-0.05, 0) is 75.3 Å². The van der Waals surface area contributed by atoms with E-state index in [4.69, 9.17) is 9.47 Å². The molecular weight excluding hydrogens is 866 g/mol. The van der Waals surface area contributed by atoms with E-state index in [0.29, 0.717) is 51.1 Å². The Kier molecular flexibility index (Phi) is 41.2. The van der Waals surface area contributed by atoms with E-state index in [1.165, 1.54) is 88.2 Å². The van der Waals surface area contributed by atoms with E-state index in [2.05, 4.69) is 62.4 Å². The third-order valence-electron chi connectivity index (χ3n) is 10.9. The Labute approximate surface area is 400 Å². The van der Waals surface area contributed by atoms with Crippen LogP contribution in [0.2, 0.25) is 0 Å². The summed E-state index contributed by atoms with van der Waals surface area (Å²) in [5, 5.41) is 40.3. The summed E-state index contributed by atoms with van der Waals surface area (Å²) in [5.41, 5.74) is 2.48. The number of carbonyl (C=O) groups excluding carboxylic acids is 2. The van der Waals surface area contributed by atoms with Crippen molar-refractivity contribution >= 4 is 60.8 Å². The molecule has 2 aromatic carbocycles. The van der Waals surface area contributed by atoms with Gasteiger partial charge in [-0.2, -0.15) is 0 Å². The molecule has 0 bridgehead atoms. The van der Waals surface area contributed by atoms with Crippen molar-refractivity contribution in [2.75, 3.05) is 0 Å². The second-order valence-corrected chi connectivity index (χ2v) is 16.4. The third-order valence-corrected chi connectivity index (χ3v) is 10.9. The molecule has 0 aliphatic carbocycles. The van der Waals surface area contributed by atoms with E-state index < -0.39 is 24.1 Å². The fraction of sp³-hybridized carbons (Fsp3) is 0.720. The molecule has 2 aromatic rings. The van der Waals surface area contributed by atoms with Crippen molar-refractivity contribution in [2.45, 2.75) is 231 Å². The van der Waals surface area contributed by atoms with Crippen LogP contribution in [-0.2, 0) is 32.3 Å². The summed E-state index contributed by atoms with van der Waals surface area (Å²) >= 11 is 0. The minimum Gasteiger partial charge on any atom is -0.550 e. The van der Waals surface area contributed by atoms with Gasteiger partial charge in [0.25, 0.3) is 0 Å². The number of hydrogen-bond acceptors (Lipinski definition) is 8. The first-order valence-corrected chi connectivity index (χ1v) is 23.3. The van der Waals surface area contributed by atoms with E-state index in [9.17, 15) is 30.0 Å². The second-order valence-electron chi connectivity index (χ2n) is 16.4. The molecule has 4 atom stereocenters. The van der Waals surface area contributed by atoms with Crippen LogP contribution in [0.1, 0.15) is 205 Å². The van der Waals surface area contributed by atoms with Gasteiger partial charge in [0.05, 0.1) is 37.6 Å². The summed E-state index contributed by atoms with van der Waals surface area (Å²) in [6, 6.07) is 20.8. The molecule has 0 saturated heterocycles. The number of ether oxygens (including phenoxy) is 2. The van der Waals surface area contributed by atoms with Crippen molar-refractivity contribution in [3.05, 3.63) is 71.8 Å². The Morgan fingerprint density at radius 2 is 0.746 bits per heavy atom. The number of benzene rings is 2. The summed E-state index contributed by atoms with van der Waals surface area (Å²) in [6.45, 7) is 5.88. The first-order chi connectivity index (χ1) is 28.2. The number of aliphatic hydroxyl groups excluding tert-OH is 2. The molecule has 0 amide bonds. The molecule has 0 spiro atoms. The molecule has 2 N–H and O–H groups in total. The van der Waals surface area contributed by atoms with Crippen molar-refractivity contribution in [1.82, 2.24) is 0 Å². The molecule has 2 rings (SSSR count). The standard InChI is InChI=1S/2C25H42O4.Ba/c2*1-2-3-4-12-17-24(29-21-22-14-9-8-10-15-22)18-13-7-5-6-11-16-23(26)19-20-25(27)28;/h2*8-10,14-15,23-24,26H,2-7,11-13,16-21H2,1H3,(H,27,28);/q;;+2/p-2. The van der Waals surface area contributed by atoms with Crippen LogP contribution < -0.4 is 10.2 Å². The fourth-order valence-electron chi connectivity index (χ4n) is 7.22. The summed E-state index contributed by atoms with van der Waals surface area (Å²) in [7, 11) is 0. The number of hydrogen-bond donors (Lipinski definition) is 2. The van der Waals surface area contributed by atoms with Gasteiger partial charge in [0.1, 0.15) is 0 Å². The summed E-state index contributed by atoms with van der Waals surface area (Å²) in [6.07, 6.45) is 27.5. The van der Waals surface area contributed by atoms with Crippen molar-refractivity contribution in [3.8, 4) is 0 Å². The molecule has 9 heteroatoms. The summed E-state index contributed by atoms with van der Waals surface area (Å²) in [5.74, 6) is -2.16. The first kappa shape index (κ1) is 57.8. The van der Waals surface area contributed by atoms with Crippen molar-refractivity contribution in [2.24, 2.45) is 0 Å². The number of carboxylic acids is 2. The van der Waals surface area contributed by atoms with Crippen LogP contribution >= 0.6 is 0 Å². The van der Waals surface area contributed by atoms with Gasteiger partial charge in [-0.25, -0.2) is 0 Å². The van der Waals surface area contributed by atoms with Crippen LogP contribution in [0.3, 0.4) is 0 Å². The van der Waals surface area contributed by atoms with E-state index in [1.807, 2.05) is 12.1 Å². The van der Waals surface area contributed by atoms with Gasteiger partial charge in [0.2, 0.25) is 0 Å². The maximum atomic E-state index is 10.4. The summed E-state index contributed by atoms with van der Waals surface area (Å²) in [4.78, 5) is 20.8. The minimum absolute atomic E-state index is 0. The Bertz CT molecular complexity index is 1110. The smallest absolute Gasteiger partial charge is 0.550 e. The minimum atomic E-state index is -1.08. The molecule has 8 nitrogen and oxygen atoms in total. The van der Waals surface area contributed by atoms with Gasteiger partial charge in [-0.15, -0.1) is 0 Å². The van der Waals surface area contributed by atoms with E-state index in [0.717, 1.165) is 64.2 Å². The average Bonchev–Trinajstić information content (AvgIpc) is 3.23. The maximum absolute atomic E-state index is 10.4. The first-order valence-electron chi connectivity index (χ1n) is 23.3. The van der Waals surface area contributed by atoms with Gasteiger partial charge >= 0.3 is 48.9 Å². The molecule has 0 aliphatic rings. The number of aliphatic hydroxyl groups is 2. The molecular formula is C50H82BaO8. The Morgan fingerprint density at radius 3 is 1.05 bits per heavy atom. The Hall–Kier alpha value is -1.21. The number of carboxylic acid groups (broad SMARTS) is 2. The number of rotatable bonds is 38. The van der Waals surface area contributed by atoms with Crippen molar-refractivity contribution in [1.29, 1.82) is 0 Å². The predicted molar refractivity (Wildman–Crippen MR) is 238 cm³/mol. The average molecular weight is 949 g/mol. The molecule has 0 radical (unpaired) electrons. The zero-order chi connectivity index (χ0) is 42.3. The van der Waals surface area contributed by atoms with E-state index >= 15 is 0 Å². The Morgan fingerprint density at radius 1 is 0.458 bits per heavy atom. The topological polar surface area (TPSA) is 139 Å². The normalized spacial score (nSPS) is 13.1. The quantitative estimate of drug-likeness (QED) is 0.0501. The maximum Gasteiger partial charge on any atom is 2.00 e. The molecule has 0 heterocycles. The Balaban J connectivity index is 0.00000112. The van der Waals surface area contributed by atoms with Crippen LogP contribution in [0, 0.1) is 0 Å². The fourth-order valence-corrected chi connectivity index (χ4v) is 7.22. The van der Waals surface area contributed by atoms with Crippen LogP contribution in [-0.4, -0.2) is 95.4 Å². The predicted octanol–water partition coefficient (Wildman–Crippen LogP) is 9.95. The molecule has 0 aliphatic heterocycles. The number of carbonyl (C=O) groups is 2. The largest absolute Gasteiger partial charge is 2.00 e. The van der Waals surface area contributed by atoms with Crippen LogP contribution in [0.15, 0.2) is 60.7 Å². The molecule has 59 heavy (non-hydrogen) atoms. The summed E-state index contributed by atoms with van der Waals surface area (Å²) < 4.78 is 12.5. The molecule has 0 saturated carbocycles. The molecule has 332 valence electrons.